The molecule has 5 rings (SSSR count). The minimum absolute atomic E-state index is 0.178. The maximum absolute atomic E-state index is 12.4. The van der Waals surface area contributed by atoms with E-state index in [-0.39, 0.29) is 32.0 Å². The minimum atomic E-state index is -4.27. The number of fused-ring (bicyclic) bond motifs is 1. The zero-order valence-electron chi connectivity index (χ0n) is 19.9. The maximum Gasteiger partial charge on any atom is 0.359 e. The zero-order valence-corrected chi connectivity index (χ0v) is 23.7. The maximum atomic E-state index is 12.4. The van der Waals surface area contributed by atoms with Crippen molar-refractivity contribution >= 4 is 42.7 Å². The molecule has 0 radical (unpaired) electrons. The fourth-order valence-corrected chi connectivity index (χ4v) is 6.68. The standard InChI is InChI=1S/C20H14IN3OS.C7H8O3S/c1-13-7-9-16-18(11-13)26-20(23-16)24-19(25)17-10-8-15(12-22-17)21-14-5-3-2-4-6-14;1-6-2-4-7(5-3-6)11(8,9)10/h2-12H,1H3;2-5H,1H3,(H,8,9,10). The number of benzene rings is 3. The molecule has 2 heterocycles. The van der Waals surface area contributed by atoms with Crippen LogP contribution in [-0.4, -0.2) is 28.8 Å². The monoisotopic (exact) mass is 643 g/mol. The number of nitrogens with zero attached hydrogens (tertiary/aromatic N) is 2. The second-order valence-electron chi connectivity index (χ2n) is 7.96. The molecule has 0 aliphatic carbocycles. The number of amides is 1. The van der Waals surface area contributed by atoms with Gasteiger partial charge in [-0.3, -0.25) is 10.1 Å². The summed E-state index contributed by atoms with van der Waals surface area (Å²) in [5.41, 5.74) is 3.41. The molecule has 1 N–H and O–H groups in total. The van der Waals surface area contributed by atoms with E-state index < -0.39 is 10.1 Å². The van der Waals surface area contributed by atoms with Crippen LogP contribution in [0.2, 0.25) is 0 Å². The van der Waals surface area contributed by atoms with Gasteiger partial charge in [0.15, 0.2) is 8.70 Å². The SMILES string of the molecule is Cc1ccc(S(=O)(=O)[O-])cc1.Cc1ccc2nc(NC(=O)c3ccc([I+]c4ccccc4)cn3)sc2c1. The highest BCUT2D eigenvalue weighted by Crippen LogP contribution is 2.26. The third kappa shape index (κ3) is 7.65. The molecule has 0 saturated heterocycles. The first-order valence-corrected chi connectivity index (χ1v) is 15.4. The second-order valence-corrected chi connectivity index (χ2v) is 13.4. The summed E-state index contributed by atoms with van der Waals surface area (Å²) < 4.78 is 34.7. The predicted octanol–water partition coefficient (Wildman–Crippen LogP) is 2.28. The van der Waals surface area contributed by atoms with Gasteiger partial charge in [0.2, 0.25) is 3.57 Å². The molecule has 0 atom stereocenters. The van der Waals surface area contributed by atoms with E-state index in [0.29, 0.717) is 10.8 Å². The van der Waals surface area contributed by atoms with Crippen LogP contribution in [0.3, 0.4) is 0 Å². The van der Waals surface area contributed by atoms with E-state index in [1.54, 1.807) is 24.4 Å². The number of carbonyl (C=O) groups excluding carboxylic acids is 1. The summed E-state index contributed by atoms with van der Waals surface area (Å²) in [6.07, 6.45) is 1.80. The zero-order chi connectivity index (χ0) is 26.4. The molecule has 0 aliphatic rings. The quantitative estimate of drug-likeness (QED) is 0.233. The first kappa shape index (κ1) is 26.9. The Hall–Kier alpha value is -3.19. The smallest absolute Gasteiger partial charge is 0.359 e. The van der Waals surface area contributed by atoms with Gasteiger partial charge in [0, 0.05) is 0 Å². The number of hydrogen-bond donors (Lipinski definition) is 1. The molecule has 5 aromatic rings. The van der Waals surface area contributed by atoms with Crippen LogP contribution in [0, 0.1) is 21.0 Å². The fourth-order valence-electron chi connectivity index (χ4n) is 3.12. The van der Waals surface area contributed by atoms with E-state index in [0.717, 1.165) is 15.8 Å². The lowest BCUT2D eigenvalue weighted by atomic mass is 10.2. The van der Waals surface area contributed by atoms with Crippen molar-refractivity contribution in [2.75, 3.05) is 5.32 Å². The largest absolute Gasteiger partial charge is 0.744 e. The number of pyridine rings is 1. The van der Waals surface area contributed by atoms with Gasteiger partial charge in [0.05, 0.1) is 21.3 Å². The molecule has 7 nitrogen and oxygen atoms in total. The summed E-state index contributed by atoms with van der Waals surface area (Å²) in [7, 11) is -4.27. The van der Waals surface area contributed by atoms with Gasteiger partial charge in [0.1, 0.15) is 15.8 Å². The van der Waals surface area contributed by atoms with E-state index in [2.05, 4.69) is 33.5 Å². The van der Waals surface area contributed by atoms with Crippen molar-refractivity contribution in [3.8, 4) is 0 Å². The molecule has 37 heavy (non-hydrogen) atoms. The van der Waals surface area contributed by atoms with Crippen LogP contribution in [0.25, 0.3) is 10.2 Å². The van der Waals surface area contributed by atoms with Gasteiger partial charge in [-0.1, -0.05) is 53.3 Å². The Morgan fingerprint density at radius 2 is 1.59 bits per heavy atom. The van der Waals surface area contributed by atoms with Gasteiger partial charge in [-0.05, 0) is 67.9 Å². The molecule has 0 aliphatic heterocycles. The molecule has 3 aromatic carbocycles. The summed E-state index contributed by atoms with van der Waals surface area (Å²) in [5.74, 6) is -0.231. The average molecular weight is 644 g/mol. The molecule has 0 saturated carbocycles. The normalized spacial score (nSPS) is 11.0. The molecule has 10 heteroatoms. The summed E-state index contributed by atoms with van der Waals surface area (Å²) in [6.45, 7) is 3.86. The molecule has 0 spiro atoms. The summed E-state index contributed by atoms with van der Waals surface area (Å²) in [4.78, 5) is 21.0. The molecule has 0 unspecified atom stereocenters. The van der Waals surface area contributed by atoms with Crippen LogP contribution >= 0.6 is 11.3 Å². The first-order valence-electron chi connectivity index (χ1n) is 11.0. The van der Waals surface area contributed by atoms with Gasteiger partial charge >= 0.3 is 21.2 Å². The van der Waals surface area contributed by atoms with Gasteiger partial charge in [-0.15, -0.1) is 0 Å². The second kappa shape index (κ2) is 11.9. The van der Waals surface area contributed by atoms with E-state index in [4.69, 9.17) is 0 Å². The van der Waals surface area contributed by atoms with Crippen LogP contribution in [0.15, 0.2) is 96.0 Å². The van der Waals surface area contributed by atoms with Crippen molar-refractivity contribution in [2.24, 2.45) is 0 Å². The van der Waals surface area contributed by atoms with E-state index in [1.165, 1.54) is 36.2 Å². The highest BCUT2D eigenvalue weighted by Gasteiger charge is 2.17. The van der Waals surface area contributed by atoms with Crippen molar-refractivity contribution < 1.29 is 39.0 Å². The molecular weight excluding hydrogens is 621 g/mol. The van der Waals surface area contributed by atoms with Gasteiger partial charge in [-0.2, -0.15) is 0 Å². The summed E-state index contributed by atoms with van der Waals surface area (Å²) in [6, 6.07) is 26.0. The Bertz CT molecular complexity index is 1620. The van der Waals surface area contributed by atoms with Crippen LogP contribution in [-0.2, 0) is 10.1 Å². The fraction of sp³-hybridized carbons (Fsp3) is 0.0741. The topological polar surface area (TPSA) is 112 Å². The van der Waals surface area contributed by atoms with E-state index in [9.17, 15) is 17.8 Å². The lowest BCUT2D eigenvalue weighted by molar-refractivity contribution is -0.597. The van der Waals surface area contributed by atoms with Crippen molar-refractivity contribution in [3.05, 3.63) is 115 Å². The number of nitrogens with one attached hydrogen (secondary N) is 1. The number of halogens is 1. The van der Waals surface area contributed by atoms with E-state index in [1.807, 2.05) is 50.2 Å². The number of rotatable bonds is 5. The molecule has 1 amide bonds. The lowest BCUT2D eigenvalue weighted by Crippen LogP contribution is -3.61. The van der Waals surface area contributed by atoms with Crippen molar-refractivity contribution in [1.82, 2.24) is 9.97 Å². The minimum Gasteiger partial charge on any atom is -0.744 e. The number of carbonyl (C=O) groups is 1. The van der Waals surface area contributed by atoms with Crippen molar-refractivity contribution in [3.63, 3.8) is 0 Å². The van der Waals surface area contributed by atoms with Gasteiger partial charge in [0.25, 0.3) is 5.91 Å². The van der Waals surface area contributed by atoms with Crippen molar-refractivity contribution in [1.29, 1.82) is 0 Å². The van der Waals surface area contributed by atoms with Crippen LogP contribution in [0.5, 0.6) is 0 Å². The van der Waals surface area contributed by atoms with Crippen molar-refractivity contribution in [2.45, 2.75) is 18.7 Å². The third-order valence-electron chi connectivity index (χ3n) is 4.99. The number of aromatic nitrogens is 2. The Labute approximate surface area is 229 Å². The molecule has 0 bridgehead atoms. The number of thiazole rings is 1. The summed E-state index contributed by atoms with van der Waals surface area (Å²) >= 11 is 1.20. The van der Waals surface area contributed by atoms with Gasteiger partial charge < -0.3 is 4.55 Å². The molecule has 2 aromatic heterocycles. The van der Waals surface area contributed by atoms with Crippen LogP contribution in [0.4, 0.5) is 5.13 Å². The van der Waals surface area contributed by atoms with Crippen LogP contribution in [0.1, 0.15) is 21.6 Å². The molecular formula is C27H22IN3O4S2. The first-order chi connectivity index (χ1) is 17.7. The number of aryl methyl sites for hydroxylation is 2. The van der Waals surface area contributed by atoms with E-state index >= 15 is 0 Å². The predicted molar refractivity (Wildman–Crippen MR) is 140 cm³/mol. The summed E-state index contributed by atoms with van der Waals surface area (Å²) in [5, 5.41) is 3.45. The van der Waals surface area contributed by atoms with Gasteiger partial charge in [-0.25, -0.2) is 18.4 Å². The molecule has 188 valence electrons. The Balaban J connectivity index is 0.000000245. The third-order valence-corrected chi connectivity index (χ3v) is 9.37. The average Bonchev–Trinajstić information content (AvgIpc) is 3.26. The highest BCUT2D eigenvalue weighted by atomic mass is 127. The number of anilines is 1. The number of hydrogen-bond acceptors (Lipinski definition) is 7. The highest BCUT2D eigenvalue weighted by molar-refractivity contribution is 7.85. The molecule has 0 fully saturated rings. The Kier molecular flexibility index (Phi) is 8.64. The Morgan fingerprint density at radius 1 is 0.892 bits per heavy atom. The van der Waals surface area contributed by atoms with Crippen LogP contribution < -0.4 is 26.5 Å². The Morgan fingerprint density at radius 3 is 2.24 bits per heavy atom. The lowest BCUT2D eigenvalue weighted by Gasteiger charge is -2.05.